The van der Waals surface area contributed by atoms with Gasteiger partial charge in [0.2, 0.25) is 0 Å². The summed E-state index contributed by atoms with van der Waals surface area (Å²) in [7, 11) is 0. The van der Waals surface area contributed by atoms with Crippen molar-refractivity contribution in [2.24, 2.45) is 5.16 Å². The maximum atomic E-state index is 12.4. The topological polar surface area (TPSA) is 51.1 Å². The number of carbonyl (C=O) groups is 1. The second kappa shape index (κ2) is 9.50. The van der Waals surface area contributed by atoms with E-state index in [4.69, 9.17) is 4.84 Å². The molecule has 5 nitrogen and oxygen atoms in total. The minimum Gasteiger partial charge on any atom is -0.434 e. The van der Waals surface area contributed by atoms with Crippen LogP contribution < -0.4 is 9.64 Å². The van der Waals surface area contributed by atoms with Gasteiger partial charge in [-0.3, -0.25) is 4.79 Å². The fourth-order valence-electron chi connectivity index (χ4n) is 2.37. The van der Waals surface area contributed by atoms with Crippen molar-refractivity contribution in [2.75, 3.05) is 11.5 Å². The van der Waals surface area contributed by atoms with Crippen molar-refractivity contribution >= 4 is 17.8 Å². The van der Waals surface area contributed by atoms with E-state index in [1.165, 1.54) is 12.3 Å². The minimum atomic E-state index is -2.93. The average Bonchev–Trinajstić information content (AvgIpc) is 2.60. The predicted molar refractivity (Wildman–Crippen MR) is 95.7 cm³/mol. The van der Waals surface area contributed by atoms with E-state index in [0.717, 1.165) is 5.69 Å². The Bertz CT molecular complexity index is 737. The molecule has 0 saturated heterocycles. The van der Waals surface area contributed by atoms with Crippen LogP contribution in [0.1, 0.15) is 19.4 Å². The smallest absolute Gasteiger partial charge is 0.387 e. The van der Waals surface area contributed by atoms with Crippen LogP contribution in [0, 0.1) is 0 Å². The molecule has 0 bridgehead atoms. The summed E-state index contributed by atoms with van der Waals surface area (Å²) in [6.45, 7) is 0.581. The molecule has 0 N–H and O–H groups in total. The zero-order chi connectivity index (χ0) is 18.9. The molecule has 2 rings (SSSR count). The first-order valence-corrected chi connectivity index (χ1v) is 8.05. The van der Waals surface area contributed by atoms with Gasteiger partial charge in [0, 0.05) is 17.3 Å². The molecule has 0 aliphatic heterocycles. The highest BCUT2D eigenvalue weighted by Crippen LogP contribution is 2.19. The van der Waals surface area contributed by atoms with Crippen molar-refractivity contribution in [2.45, 2.75) is 26.5 Å². The Morgan fingerprint density at radius 3 is 2.42 bits per heavy atom. The van der Waals surface area contributed by atoms with Crippen LogP contribution >= 0.6 is 0 Å². The molecule has 0 aromatic heterocycles. The van der Waals surface area contributed by atoms with Gasteiger partial charge < -0.3 is 14.5 Å². The summed E-state index contributed by atoms with van der Waals surface area (Å²) in [6, 6.07) is 15.3. The van der Waals surface area contributed by atoms with Crippen LogP contribution in [0.4, 0.5) is 14.5 Å². The van der Waals surface area contributed by atoms with Gasteiger partial charge in [-0.05, 0) is 38.1 Å². The summed E-state index contributed by atoms with van der Waals surface area (Å²) in [4.78, 5) is 19.1. The van der Waals surface area contributed by atoms with Crippen molar-refractivity contribution in [1.29, 1.82) is 0 Å². The summed E-state index contributed by atoms with van der Waals surface area (Å²) in [5.74, 6) is -0.283. The minimum absolute atomic E-state index is 0.0192. The Kier molecular flexibility index (Phi) is 7.08. The number of ether oxygens (including phenoxy) is 1. The van der Waals surface area contributed by atoms with Crippen LogP contribution in [0.25, 0.3) is 0 Å². The summed E-state index contributed by atoms with van der Waals surface area (Å²) in [6.07, 6.45) is 1.23. The molecule has 26 heavy (non-hydrogen) atoms. The van der Waals surface area contributed by atoms with Crippen molar-refractivity contribution in [3.05, 3.63) is 60.2 Å². The standard InChI is InChI=1S/C19H20F2N2O3/c1-14(2)23(16-9-4-3-5-10-16)18(24)13-25-22-12-15-8-6-7-11-17(15)26-19(20)21/h3-12,14,19H,13H2,1-2H3/b22-12-. The van der Waals surface area contributed by atoms with Crippen LogP contribution in [0.2, 0.25) is 0 Å². The number of amides is 1. The summed E-state index contributed by atoms with van der Waals surface area (Å²) >= 11 is 0. The Hall–Kier alpha value is -2.96. The zero-order valence-electron chi connectivity index (χ0n) is 14.5. The first kappa shape index (κ1) is 19.4. The quantitative estimate of drug-likeness (QED) is 0.525. The highest BCUT2D eigenvalue weighted by Gasteiger charge is 2.19. The highest BCUT2D eigenvalue weighted by atomic mass is 19.3. The van der Waals surface area contributed by atoms with Gasteiger partial charge in [0.1, 0.15) is 5.75 Å². The fraction of sp³-hybridized carbons (Fsp3) is 0.263. The molecule has 7 heteroatoms. The number of nitrogens with zero attached hydrogens (tertiary/aromatic N) is 2. The largest absolute Gasteiger partial charge is 0.434 e. The van der Waals surface area contributed by atoms with E-state index in [2.05, 4.69) is 9.89 Å². The van der Waals surface area contributed by atoms with Gasteiger partial charge in [-0.1, -0.05) is 35.5 Å². The SMILES string of the molecule is CC(C)N(C(=O)CO/N=C\c1ccccc1OC(F)F)c1ccccc1. The van der Waals surface area contributed by atoms with Gasteiger partial charge in [0.05, 0.1) is 6.21 Å². The lowest BCUT2D eigenvalue weighted by molar-refractivity contribution is -0.123. The first-order valence-electron chi connectivity index (χ1n) is 8.05. The van der Waals surface area contributed by atoms with Crippen LogP contribution in [-0.4, -0.2) is 31.4 Å². The third-order valence-corrected chi connectivity index (χ3v) is 3.41. The van der Waals surface area contributed by atoms with Crippen LogP contribution in [0.5, 0.6) is 5.75 Å². The second-order valence-corrected chi connectivity index (χ2v) is 5.62. The van der Waals surface area contributed by atoms with Crippen molar-refractivity contribution in [3.63, 3.8) is 0 Å². The molecule has 0 unspecified atom stereocenters. The maximum Gasteiger partial charge on any atom is 0.387 e. The third kappa shape index (κ3) is 5.54. The molecule has 0 saturated carbocycles. The predicted octanol–water partition coefficient (Wildman–Crippen LogP) is 4.08. The molecule has 0 spiro atoms. The van der Waals surface area contributed by atoms with Crippen molar-refractivity contribution < 1.29 is 23.1 Å². The number of oxime groups is 1. The van der Waals surface area contributed by atoms with Gasteiger partial charge in [0.15, 0.2) is 6.61 Å². The van der Waals surface area contributed by atoms with Gasteiger partial charge in [-0.15, -0.1) is 0 Å². The molecule has 0 radical (unpaired) electrons. The molecule has 1 amide bonds. The fourth-order valence-corrected chi connectivity index (χ4v) is 2.37. The molecule has 0 aliphatic rings. The van der Waals surface area contributed by atoms with E-state index >= 15 is 0 Å². The number of para-hydroxylation sites is 2. The number of rotatable bonds is 8. The molecule has 0 atom stereocenters. The number of alkyl halides is 2. The number of halogens is 2. The number of benzene rings is 2. The Morgan fingerprint density at radius 2 is 1.77 bits per heavy atom. The molecule has 138 valence electrons. The van der Waals surface area contributed by atoms with E-state index in [1.54, 1.807) is 23.1 Å². The van der Waals surface area contributed by atoms with Crippen LogP contribution in [-0.2, 0) is 9.63 Å². The van der Waals surface area contributed by atoms with E-state index in [9.17, 15) is 13.6 Å². The Morgan fingerprint density at radius 1 is 1.12 bits per heavy atom. The molecule has 0 heterocycles. The summed E-state index contributed by atoms with van der Waals surface area (Å²) in [5, 5.41) is 3.69. The molecule has 2 aromatic carbocycles. The Labute approximate surface area is 150 Å². The monoisotopic (exact) mass is 362 g/mol. The lowest BCUT2D eigenvalue weighted by Gasteiger charge is -2.26. The number of hydrogen-bond donors (Lipinski definition) is 0. The average molecular weight is 362 g/mol. The van der Waals surface area contributed by atoms with E-state index in [-0.39, 0.29) is 24.3 Å². The van der Waals surface area contributed by atoms with Gasteiger partial charge in [-0.2, -0.15) is 8.78 Å². The normalized spacial score (nSPS) is 11.2. The van der Waals surface area contributed by atoms with Gasteiger partial charge in [0.25, 0.3) is 5.91 Å². The maximum absolute atomic E-state index is 12.4. The van der Waals surface area contributed by atoms with Crippen LogP contribution in [0.15, 0.2) is 59.8 Å². The van der Waals surface area contributed by atoms with Gasteiger partial charge in [-0.25, -0.2) is 0 Å². The first-order chi connectivity index (χ1) is 12.5. The number of anilines is 1. The van der Waals surface area contributed by atoms with E-state index in [1.807, 2.05) is 44.2 Å². The summed E-state index contributed by atoms with van der Waals surface area (Å²) in [5.41, 5.74) is 1.08. The van der Waals surface area contributed by atoms with Crippen molar-refractivity contribution in [3.8, 4) is 5.75 Å². The highest BCUT2D eigenvalue weighted by molar-refractivity contribution is 5.94. The molecular formula is C19H20F2N2O3. The molecule has 0 fully saturated rings. The van der Waals surface area contributed by atoms with Crippen molar-refractivity contribution in [1.82, 2.24) is 0 Å². The molecular weight excluding hydrogens is 342 g/mol. The second-order valence-electron chi connectivity index (χ2n) is 5.62. The molecule has 2 aromatic rings. The van der Waals surface area contributed by atoms with E-state index < -0.39 is 6.61 Å². The lowest BCUT2D eigenvalue weighted by atomic mass is 10.2. The van der Waals surface area contributed by atoms with Crippen LogP contribution in [0.3, 0.4) is 0 Å². The third-order valence-electron chi connectivity index (χ3n) is 3.41. The Balaban J connectivity index is 1.98. The molecule has 0 aliphatic carbocycles. The number of hydrogen-bond acceptors (Lipinski definition) is 4. The lowest BCUT2D eigenvalue weighted by Crippen LogP contribution is -2.39. The summed E-state index contributed by atoms with van der Waals surface area (Å²) < 4.78 is 29.1. The zero-order valence-corrected chi connectivity index (χ0v) is 14.5. The van der Waals surface area contributed by atoms with Gasteiger partial charge >= 0.3 is 6.61 Å². The number of carbonyl (C=O) groups excluding carboxylic acids is 1. The van der Waals surface area contributed by atoms with E-state index in [0.29, 0.717) is 5.56 Å².